The van der Waals surface area contributed by atoms with Gasteiger partial charge in [-0.05, 0) is 57.5 Å². The number of nitrogens with zero attached hydrogens (tertiary/aromatic N) is 1. The molecule has 120 valence electrons. The van der Waals surface area contributed by atoms with Gasteiger partial charge in [0.1, 0.15) is 0 Å². The molecule has 1 atom stereocenters. The summed E-state index contributed by atoms with van der Waals surface area (Å²) in [5, 5.41) is 3.71. The normalized spacial score (nSPS) is 19.6. The van der Waals surface area contributed by atoms with Crippen molar-refractivity contribution in [3.8, 4) is 0 Å². The Balaban J connectivity index is 2.59. The molecule has 0 bridgehead atoms. The van der Waals surface area contributed by atoms with Crippen LogP contribution in [-0.2, 0) is 0 Å². The van der Waals surface area contributed by atoms with E-state index in [4.69, 9.17) is 0 Å². The van der Waals surface area contributed by atoms with Crippen molar-refractivity contribution in [2.24, 2.45) is 5.41 Å². The second-order valence-corrected chi connectivity index (χ2v) is 6.97. The predicted molar refractivity (Wildman–Crippen MR) is 90.3 cm³/mol. The fourth-order valence-corrected chi connectivity index (χ4v) is 3.55. The van der Waals surface area contributed by atoms with Crippen LogP contribution in [0.4, 0.5) is 0 Å². The van der Waals surface area contributed by atoms with Gasteiger partial charge in [0.2, 0.25) is 0 Å². The maximum absolute atomic E-state index is 3.71. The quantitative estimate of drug-likeness (QED) is 0.563. The Morgan fingerprint density at radius 3 is 2.35 bits per heavy atom. The lowest BCUT2D eigenvalue weighted by molar-refractivity contribution is 0.111. The summed E-state index contributed by atoms with van der Waals surface area (Å²) in [5.41, 5.74) is 0.562. The molecule has 1 aliphatic carbocycles. The average molecular weight is 283 g/mol. The van der Waals surface area contributed by atoms with E-state index in [-0.39, 0.29) is 0 Å². The third kappa shape index (κ3) is 5.73. The summed E-state index contributed by atoms with van der Waals surface area (Å²) in [7, 11) is 0. The fraction of sp³-hybridized carbons (Fsp3) is 1.00. The van der Waals surface area contributed by atoms with Crippen LogP contribution in [0.5, 0.6) is 0 Å². The number of hydrogen-bond acceptors (Lipinski definition) is 2. The summed E-state index contributed by atoms with van der Waals surface area (Å²) in [5.74, 6) is 0. The van der Waals surface area contributed by atoms with Gasteiger partial charge in [-0.25, -0.2) is 0 Å². The van der Waals surface area contributed by atoms with Crippen molar-refractivity contribution in [3.63, 3.8) is 0 Å². The third-order valence-corrected chi connectivity index (χ3v) is 5.14. The van der Waals surface area contributed by atoms with Crippen LogP contribution >= 0.6 is 0 Å². The van der Waals surface area contributed by atoms with E-state index in [2.05, 4.69) is 37.9 Å². The van der Waals surface area contributed by atoms with Crippen LogP contribution in [0, 0.1) is 5.41 Å². The third-order valence-electron chi connectivity index (χ3n) is 5.14. The molecular weight excluding hydrogens is 244 g/mol. The van der Waals surface area contributed by atoms with Gasteiger partial charge in [0, 0.05) is 19.1 Å². The SMILES string of the molecule is CCCCN(CC1(CNCCC)CCCC1)C(C)CC. The highest BCUT2D eigenvalue weighted by molar-refractivity contribution is 4.90. The van der Waals surface area contributed by atoms with E-state index in [0.29, 0.717) is 5.41 Å². The average Bonchev–Trinajstić information content (AvgIpc) is 2.92. The molecule has 0 spiro atoms. The summed E-state index contributed by atoms with van der Waals surface area (Å²) in [4.78, 5) is 2.78. The van der Waals surface area contributed by atoms with E-state index >= 15 is 0 Å². The lowest BCUT2D eigenvalue weighted by Crippen LogP contribution is -2.46. The van der Waals surface area contributed by atoms with Gasteiger partial charge >= 0.3 is 0 Å². The lowest BCUT2D eigenvalue weighted by atomic mass is 9.84. The topological polar surface area (TPSA) is 15.3 Å². The summed E-state index contributed by atoms with van der Waals surface area (Å²) in [6.45, 7) is 14.3. The van der Waals surface area contributed by atoms with E-state index in [1.807, 2.05) is 0 Å². The molecule has 1 fully saturated rings. The molecule has 2 heteroatoms. The number of unbranched alkanes of at least 4 members (excludes halogenated alkanes) is 1. The molecule has 0 aliphatic heterocycles. The molecule has 0 saturated heterocycles. The summed E-state index contributed by atoms with van der Waals surface area (Å²) in [6.07, 6.45) is 10.9. The monoisotopic (exact) mass is 282 g/mol. The Kier molecular flexibility index (Phi) is 8.79. The van der Waals surface area contributed by atoms with Crippen molar-refractivity contribution in [2.75, 3.05) is 26.2 Å². The van der Waals surface area contributed by atoms with Crippen LogP contribution in [-0.4, -0.2) is 37.1 Å². The molecule has 1 unspecified atom stereocenters. The van der Waals surface area contributed by atoms with Gasteiger partial charge in [-0.3, -0.25) is 0 Å². The zero-order chi connectivity index (χ0) is 14.8. The van der Waals surface area contributed by atoms with Crippen molar-refractivity contribution in [1.82, 2.24) is 10.2 Å². The van der Waals surface area contributed by atoms with Gasteiger partial charge < -0.3 is 10.2 Å². The first-order chi connectivity index (χ1) is 9.67. The Labute approximate surface area is 127 Å². The van der Waals surface area contributed by atoms with E-state index in [9.17, 15) is 0 Å². The van der Waals surface area contributed by atoms with Crippen molar-refractivity contribution < 1.29 is 0 Å². The molecule has 0 amide bonds. The first kappa shape index (κ1) is 18.0. The van der Waals surface area contributed by atoms with Gasteiger partial charge in [0.05, 0.1) is 0 Å². The fourth-order valence-electron chi connectivity index (χ4n) is 3.55. The van der Waals surface area contributed by atoms with Crippen LogP contribution in [0.25, 0.3) is 0 Å². The maximum atomic E-state index is 3.71. The first-order valence-corrected chi connectivity index (χ1v) is 9.12. The number of hydrogen-bond donors (Lipinski definition) is 1. The van der Waals surface area contributed by atoms with Crippen LogP contribution in [0.15, 0.2) is 0 Å². The van der Waals surface area contributed by atoms with Crippen molar-refractivity contribution in [2.45, 2.75) is 85.1 Å². The lowest BCUT2D eigenvalue weighted by Gasteiger charge is -2.38. The number of rotatable bonds is 11. The van der Waals surface area contributed by atoms with Gasteiger partial charge in [-0.2, -0.15) is 0 Å². The molecule has 0 radical (unpaired) electrons. The Hall–Kier alpha value is -0.0800. The van der Waals surface area contributed by atoms with Crippen molar-refractivity contribution >= 4 is 0 Å². The molecule has 0 aromatic carbocycles. The van der Waals surface area contributed by atoms with Crippen molar-refractivity contribution in [1.29, 1.82) is 0 Å². The molecule has 1 aliphatic rings. The highest BCUT2D eigenvalue weighted by atomic mass is 15.2. The zero-order valence-electron chi connectivity index (χ0n) is 14.5. The van der Waals surface area contributed by atoms with Crippen LogP contribution in [0.2, 0.25) is 0 Å². The molecule has 0 heterocycles. The molecule has 1 N–H and O–H groups in total. The molecule has 20 heavy (non-hydrogen) atoms. The number of nitrogens with one attached hydrogen (secondary N) is 1. The largest absolute Gasteiger partial charge is 0.316 e. The summed E-state index contributed by atoms with van der Waals surface area (Å²) >= 11 is 0. The highest BCUT2D eigenvalue weighted by Gasteiger charge is 2.35. The van der Waals surface area contributed by atoms with Crippen LogP contribution in [0.1, 0.15) is 79.1 Å². The van der Waals surface area contributed by atoms with E-state index in [1.54, 1.807) is 0 Å². The molecule has 1 rings (SSSR count). The van der Waals surface area contributed by atoms with Gasteiger partial charge in [0.25, 0.3) is 0 Å². The highest BCUT2D eigenvalue weighted by Crippen LogP contribution is 2.38. The minimum atomic E-state index is 0.562. The maximum Gasteiger partial charge on any atom is 0.00645 e. The second kappa shape index (κ2) is 9.78. The molecule has 0 aromatic heterocycles. The van der Waals surface area contributed by atoms with Gasteiger partial charge in [-0.1, -0.05) is 40.0 Å². The predicted octanol–water partition coefficient (Wildman–Crippen LogP) is 4.45. The van der Waals surface area contributed by atoms with E-state index in [1.165, 1.54) is 77.5 Å². The van der Waals surface area contributed by atoms with E-state index < -0.39 is 0 Å². The van der Waals surface area contributed by atoms with E-state index in [0.717, 1.165) is 6.04 Å². The molecular formula is C18H38N2. The molecule has 0 aromatic rings. The Bertz CT molecular complexity index is 234. The van der Waals surface area contributed by atoms with Crippen LogP contribution < -0.4 is 5.32 Å². The van der Waals surface area contributed by atoms with Gasteiger partial charge in [-0.15, -0.1) is 0 Å². The molecule has 2 nitrogen and oxygen atoms in total. The second-order valence-electron chi connectivity index (χ2n) is 6.97. The van der Waals surface area contributed by atoms with Crippen LogP contribution in [0.3, 0.4) is 0 Å². The standard InChI is InChI=1S/C18H38N2/c1-5-8-14-20(17(4)7-3)16-18(11-9-10-12-18)15-19-13-6-2/h17,19H,5-16H2,1-4H3. The Morgan fingerprint density at radius 1 is 1.10 bits per heavy atom. The summed E-state index contributed by atoms with van der Waals surface area (Å²) in [6, 6.07) is 0.741. The molecule has 1 saturated carbocycles. The summed E-state index contributed by atoms with van der Waals surface area (Å²) < 4.78 is 0. The Morgan fingerprint density at radius 2 is 1.80 bits per heavy atom. The minimum Gasteiger partial charge on any atom is -0.316 e. The van der Waals surface area contributed by atoms with Crippen molar-refractivity contribution in [3.05, 3.63) is 0 Å². The van der Waals surface area contributed by atoms with Gasteiger partial charge in [0.15, 0.2) is 0 Å². The zero-order valence-corrected chi connectivity index (χ0v) is 14.5. The minimum absolute atomic E-state index is 0.562. The first-order valence-electron chi connectivity index (χ1n) is 9.12. The smallest absolute Gasteiger partial charge is 0.00645 e.